The Morgan fingerprint density at radius 1 is 1.16 bits per heavy atom. The number of fused-ring (bicyclic) bond motifs is 5. The van der Waals surface area contributed by atoms with E-state index in [1.165, 1.54) is 6.07 Å². The molecule has 2 aromatic heterocycles. The summed E-state index contributed by atoms with van der Waals surface area (Å²) in [6.45, 7) is 2.97. The zero-order chi connectivity index (χ0) is 29.3. The van der Waals surface area contributed by atoms with Gasteiger partial charge < -0.3 is 20.1 Å². The van der Waals surface area contributed by atoms with Gasteiger partial charge in [0.2, 0.25) is 0 Å². The summed E-state index contributed by atoms with van der Waals surface area (Å²) in [5, 5.41) is 16.0. The SMILES string of the molecule is C#Cc1cccc2cc(O)cc(-c3ncc4c(N5CC6CCC(C5)N6)nc(OCC56CCCN5CC(F)C6)nc4c3F)c12. The summed E-state index contributed by atoms with van der Waals surface area (Å²) in [4.78, 5) is 18.3. The molecule has 2 aromatic carbocycles. The number of aromatic nitrogens is 3. The van der Waals surface area contributed by atoms with Crippen LogP contribution in [0.5, 0.6) is 11.8 Å². The van der Waals surface area contributed by atoms with Crippen LogP contribution in [0, 0.1) is 18.2 Å². The Labute approximate surface area is 248 Å². The molecule has 6 heterocycles. The molecule has 4 unspecified atom stereocenters. The topological polar surface area (TPSA) is 86.6 Å². The Morgan fingerprint density at radius 3 is 2.81 bits per heavy atom. The van der Waals surface area contributed by atoms with Gasteiger partial charge in [-0.1, -0.05) is 18.1 Å². The van der Waals surface area contributed by atoms with Crippen molar-refractivity contribution in [1.82, 2.24) is 25.2 Å². The fraction of sp³-hybridized carbons (Fsp3) is 0.424. The standard InChI is InChI=1S/C33H32F2N6O2/c1-2-19-5-3-6-20-11-24(42)12-25(27(19)20)29-28(35)30-26(14-36-29)31(40-16-22-7-8-23(17-40)37-22)39-32(38-30)43-18-33-9-4-10-41(33)15-21(34)13-33/h1,3,5-6,11-12,14,21-23,37,42H,4,7-10,13,15-18H2. The fourth-order valence-corrected chi connectivity index (χ4v) is 7.85. The molecular weight excluding hydrogens is 550 g/mol. The molecule has 4 atom stereocenters. The predicted octanol–water partition coefficient (Wildman–Crippen LogP) is 4.57. The third-order valence-electron chi connectivity index (χ3n) is 9.76. The number of phenols is 1. The highest BCUT2D eigenvalue weighted by molar-refractivity contribution is 6.02. The average Bonchev–Trinajstić information content (AvgIpc) is 3.65. The maximum atomic E-state index is 16.7. The lowest BCUT2D eigenvalue weighted by Crippen LogP contribution is -2.51. The van der Waals surface area contributed by atoms with Crippen LogP contribution in [0.15, 0.2) is 36.5 Å². The zero-order valence-corrected chi connectivity index (χ0v) is 23.7. The van der Waals surface area contributed by atoms with Crippen LogP contribution in [0.2, 0.25) is 0 Å². The molecular formula is C33H32F2N6O2. The van der Waals surface area contributed by atoms with E-state index in [1.807, 2.05) is 6.07 Å². The third kappa shape index (κ3) is 4.36. The molecule has 10 heteroatoms. The van der Waals surface area contributed by atoms with Crippen LogP contribution >= 0.6 is 0 Å². The van der Waals surface area contributed by atoms with Gasteiger partial charge >= 0.3 is 6.01 Å². The van der Waals surface area contributed by atoms with E-state index < -0.39 is 12.0 Å². The molecule has 8 rings (SSSR count). The fourth-order valence-electron chi connectivity index (χ4n) is 7.85. The molecule has 0 aliphatic carbocycles. The van der Waals surface area contributed by atoms with Crippen LogP contribution < -0.4 is 15.0 Å². The highest BCUT2D eigenvalue weighted by Gasteiger charge is 2.49. The first kappa shape index (κ1) is 26.5. The molecule has 4 fully saturated rings. The van der Waals surface area contributed by atoms with Gasteiger partial charge in [0.15, 0.2) is 5.82 Å². The summed E-state index contributed by atoms with van der Waals surface area (Å²) < 4.78 is 37.4. The minimum Gasteiger partial charge on any atom is -0.508 e. The summed E-state index contributed by atoms with van der Waals surface area (Å²) in [5.41, 5.74) is 0.678. The molecule has 8 nitrogen and oxygen atoms in total. The molecule has 0 saturated carbocycles. The van der Waals surface area contributed by atoms with Gasteiger partial charge in [0.1, 0.15) is 35.6 Å². The molecule has 4 aromatic rings. The number of aromatic hydroxyl groups is 1. The highest BCUT2D eigenvalue weighted by Crippen LogP contribution is 2.42. The van der Waals surface area contributed by atoms with E-state index in [2.05, 4.69) is 31.0 Å². The Balaban J connectivity index is 1.27. The minimum absolute atomic E-state index is 0.0234. The van der Waals surface area contributed by atoms with E-state index in [-0.39, 0.29) is 35.1 Å². The maximum absolute atomic E-state index is 16.7. The second kappa shape index (κ2) is 10.00. The van der Waals surface area contributed by atoms with Crippen LogP contribution in [0.25, 0.3) is 32.9 Å². The first-order valence-electron chi connectivity index (χ1n) is 15.0. The van der Waals surface area contributed by atoms with Crippen molar-refractivity contribution < 1.29 is 18.6 Å². The van der Waals surface area contributed by atoms with Gasteiger partial charge in [-0.15, -0.1) is 6.42 Å². The molecule has 0 amide bonds. The van der Waals surface area contributed by atoms with Crippen molar-refractivity contribution in [3.8, 4) is 35.4 Å². The number of phenolic OH excluding ortho intramolecular Hbond substituents is 1. The van der Waals surface area contributed by atoms with Gasteiger partial charge in [-0.05, 0) is 55.8 Å². The number of nitrogens with one attached hydrogen (secondary N) is 1. The Hall–Kier alpha value is -4.07. The largest absolute Gasteiger partial charge is 0.508 e. The Morgan fingerprint density at radius 2 is 2.00 bits per heavy atom. The summed E-state index contributed by atoms with van der Waals surface area (Å²) >= 11 is 0. The van der Waals surface area contributed by atoms with Gasteiger partial charge in [0.25, 0.3) is 0 Å². The smallest absolute Gasteiger partial charge is 0.319 e. The number of halogens is 2. The molecule has 4 saturated heterocycles. The Kier molecular flexibility index (Phi) is 6.17. The molecule has 220 valence electrons. The van der Waals surface area contributed by atoms with Crippen molar-refractivity contribution in [2.75, 3.05) is 37.7 Å². The van der Waals surface area contributed by atoms with Crippen molar-refractivity contribution >= 4 is 27.5 Å². The average molecular weight is 583 g/mol. The van der Waals surface area contributed by atoms with Crippen molar-refractivity contribution in [3.63, 3.8) is 0 Å². The lowest BCUT2D eigenvalue weighted by Gasteiger charge is -2.34. The number of ether oxygens (including phenoxy) is 1. The summed E-state index contributed by atoms with van der Waals surface area (Å²) in [7, 11) is 0. The van der Waals surface area contributed by atoms with Crippen molar-refractivity contribution in [3.05, 3.63) is 47.9 Å². The van der Waals surface area contributed by atoms with E-state index in [1.54, 1.807) is 24.4 Å². The monoisotopic (exact) mass is 582 g/mol. The second-order valence-electron chi connectivity index (χ2n) is 12.5. The third-order valence-corrected chi connectivity index (χ3v) is 9.76. The summed E-state index contributed by atoms with van der Waals surface area (Å²) in [6.07, 6.45) is 10.9. The molecule has 0 radical (unpaired) electrons. The predicted molar refractivity (Wildman–Crippen MR) is 161 cm³/mol. The van der Waals surface area contributed by atoms with E-state index in [9.17, 15) is 9.50 Å². The lowest BCUT2D eigenvalue weighted by atomic mass is 9.95. The zero-order valence-electron chi connectivity index (χ0n) is 23.7. The van der Waals surface area contributed by atoms with Gasteiger partial charge in [-0.3, -0.25) is 9.88 Å². The van der Waals surface area contributed by atoms with Crippen LogP contribution in [-0.2, 0) is 0 Å². The van der Waals surface area contributed by atoms with Gasteiger partial charge in [0, 0.05) is 60.8 Å². The molecule has 43 heavy (non-hydrogen) atoms. The lowest BCUT2D eigenvalue weighted by molar-refractivity contribution is 0.107. The van der Waals surface area contributed by atoms with Crippen molar-refractivity contribution in [2.24, 2.45) is 0 Å². The number of benzene rings is 2. The molecule has 4 aliphatic heterocycles. The first-order valence-corrected chi connectivity index (χ1v) is 15.0. The first-order chi connectivity index (χ1) is 20.9. The van der Waals surface area contributed by atoms with E-state index in [0.29, 0.717) is 58.2 Å². The number of rotatable bonds is 5. The summed E-state index contributed by atoms with van der Waals surface area (Å²) in [6, 6.07) is 9.21. The van der Waals surface area contributed by atoms with Gasteiger partial charge in [-0.25, -0.2) is 8.78 Å². The summed E-state index contributed by atoms with van der Waals surface area (Å²) in [5.74, 6) is 2.59. The molecule has 2 N–H and O–H groups in total. The van der Waals surface area contributed by atoms with E-state index in [0.717, 1.165) is 45.3 Å². The molecule has 2 bridgehead atoms. The number of alkyl halides is 1. The molecule has 4 aliphatic rings. The van der Waals surface area contributed by atoms with Crippen LogP contribution in [-0.4, -0.2) is 81.5 Å². The number of pyridine rings is 1. The highest BCUT2D eigenvalue weighted by atomic mass is 19.1. The molecule has 0 spiro atoms. The Bertz CT molecular complexity index is 1800. The minimum atomic E-state index is -0.885. The van der Waals surface area contributed by atoms with E-state index in [4.69, 9.17) is 16.1 Å². The number of hydrogen-bond acceptors (Lipinski definition) is 8. The quantitative estimate of drug-likeness (QED) is 0.331. The van der Waals surface area contributed by atoms with Crippen LogP contribution in [0.1, 0.15) is 37.7 Å². The van der Waals surface area contributed by atoms with Gasteiger partial charge in [0.05, 0.1) is 10.9 Å². The van der Waals surface area contributed by atoms with Crippen molar-refractivity contribution in [2.45, 2.75) is 55.9 Å². The van der Waals surface area contributed by atoms with Gasteiger partial charge in [-0.2, -0.15) is 9.97 Å². The number of hydrogen-bond donors (Lipinski definition) is 2. The number of terminal acetylenes is 1. The van der Waals surface area contributed by atoms with Crippen LogP contribution in [0.4, 0.5) is 14.6 Å². The normalized spacial score (nSPS) is 26.7. The number of piperazine rings is 1. The second-order valence-corrected chi connectivity index (χ2v) is 12.5. The number of anilines is 1. The van der Waals surface area contributed by atoms with Crippen molar-refractivity contribution in [1.29, 1.82) is 0 Å². The van der Waals surface area contributed by atoms with E-state index >= 15 is 4.39 Å². The maximum Gasteiger partial charge on any atom is 0.319 e. The number of nitrogens with zero attached hydrogens (tertiary/aromatic N) is 5. The van der Waals surface area contributed by atoms with Crippen LogP contribution in [0.3, 0.4) is 0 Å².